The molecule has 2 N–H and O–H groups in total. The maximum atomic E-state index is 5.35. The number of nitrogens with two attached hydrogens (primary N) is 1. The molecule has 5 nitrogen and oxygen atoms in total. The second-order valence-electron chi connectivity index (χ2n) is 4.03. The highest BCUT2D eigenvalue weighted by Gasteiger charge is 2.24. The van der Waals surface area contributed by atoms with Crippen molar-refractivity contribution >= 4 is 5.69 Å². The molecule has 2 heterocycles. The highest BCUT2D eigenvalue weighted by molar-refractivity contribution is 5.57. The summed E-state index contributed by atoms with van der Waals surface area (Å²) < 4.78 is 10.6. The van der Waals surface area contributed by atoms with E-state index in [1.165, 1.54) is 0 Å². The zero-order chi connectivity index (χ0) is 11.0. The normalized spacial score (nSPS) is 22.8. The van der Waals surface area contributed by atoms with Crippen molar-refractivity contribution in [3.8, 4) is 11.5 Å². The zero-order valence-corrected chi connectivity index (χ0v) is 8.89. The Morgan fingerprint density at radius 2 is 2.19 bits per heavy atom. The van der Waals surface area contributed by atoms with Gasteiger partial charge in [-0.25, -0.2) is 5.90 Å². The molecule has 16 heavy (non-hydrogen) atoms. The molecule has 0 saturated carbocycles. The number of fused-ring (bicyclic) bond motifs is 1. The topological polar surface area (TPSA) is 57.0 Å². The molecule has 1 unspecified atom stereocenters. The van der Waals surface area contributed by atoms with Gasteiger partial charge in [0, 0.05) is 24.8 Å². The fraction of sp³-hybridized carbons (Fsp3) is 0.455. The van der Waals surface area contributed by atoms with Crippen molar-refractivity contribution in [2.24, 2.45) is 5.90 Å². The highest BCUT2D eigenvalue weighted by Crippen LogP contribution is 2.36. The number of ether oxygens (including phenoxy) is 2. The zero-order valence-electron chi connectivity index (χ0n) is 8.89. The Kier molecular flexibility index (Phi) is 2.34. The minimum Gasteiger partial charge on any atom is -0.454 e. The average molecular weight is 222 g/mol. The van der Waals surface area contributed by atoms with E-state index in [1.54, 1.807) is 0 Å². The first-order valence-corrected chi connectivity index (χ1v) is 5.37. The molecule has 0 aromatic heterocycles. The molecule has 86 valence electrons. The molecule has 0 radical (unpaired) electrons. The Bertz CT molecular complexity index is 397. The summed E-state index contributed by atoms with van der Waals surface area (Å²) >= 11 is 0. The summed E-state index contributed by atoms with van der Waals surface area (Å²) in [6.07, 6.45) is 1.09. The van der Waals surface area contributed by atoms with Gasteiger partial charge in [-0.2, -0.15) is 0 Å². The SMILES string of the molecule is NOC1CCN(c2ccc3c(c2)OCO3)C1. The van der Waals surface area contributed by atoms with Gasteiger partial charge < -0.3 is 14.4 Å². The fourth-order valence-corrected chi connectivity index (χ4v) is 2.16. The molecule has 1 saturated heterocycles. The monoisotopic (exact) mass is 222 g/mol. The van der Waals surface area contributed by atoms with Crippen LogP contribution in [0.3, 0.4) is 0 Å². The third-order valence-electron chi connectivity index (χ3n) is 3.06. The second kappa shape index (κ2) is 3.84. The van der Waals surface area contributed by atoms with E-state index >= 15 is 0 Å². The molecule has 0 aliphatic carbocycles. The Morgan fingerprint density at radius 1 is 1.31 bits per heavy atom. The average Bonchev–Trinajstić information content (AvgIpc) is 2.96. The first-order chi connectivity index (χ1) is 7.86. The number of hydrogen-bond donors (Lipinski definition) is 1. The Balaban J connectivity index is 1.80. The highest BCUT2D eigenvalue weighted by atomic mass is 16.7. The van der Waals surface area contributed by atoms with Crippen LogP contribution in [0, 0.1) is 0 Å². The van der Waals surface area contributed by atoms with Gasteiger partial charge in [-0.05, 0) is 18.6 Å². The summed E-state index contributed by atoms with van der Waals surface area (Å²) in [5.41, 5.74) is 1.13. The van der Waals surface area contributed by atoms with Crippen molar-refractivity contribution in [3.05, 3.63) is 18.2 Å². The predicted octanol–water partition coefficient (Wildman–Crippen LogP) is 0.884. The molecule has 1 aromatic carbocycles. The Morgan fingerprint density at radius 3 is 3.00 bits per heavy atom. The van der Waals surface area contributed by atoms with Crippen LogP contribution in [0.4, 0.5) is 5.69 Å². The van der Waals surface area contributed by atoms with Gasteiger partial charge in [0.2, 0.25) is 6.79 Å². The van der Waals surface area contributed by atoms with Crippen LogP contribution >= 0.6 is 0 Å². The van der Waals surface area contributed by atoms with Gasteiger partial charge in [0.15, 0.2) is 11.5 Å². The van der Waals surface area contributed by atoms with Crippen molar-refractivity contribution in [3.63, 3.8) is 0 Å². The number of rotatable bonds is 2. The molecule has 1 fully saturated rings. The van der Waals surface area contributed by atoms with Gasteiger partial charge >= 0.3 is 0 Å². The lowest BCUT2D eigenvalue weighted by atomic mass is 10.2. The van der Waals surface area contributed by atoms with Gasteiger partial charge in [-0.1, -0.05) is 0 Å². The van der Waals surface area contributed by atoms with Gasteiger partial charge in [-0.3, -0.25) is 4.84 Å². The molecule has 0 spiro atoms. The molecule has 1 atom stereocenters. The molecule has 5 heteroatoms. The second-order valence-corrected chi connectivity index (χ2v) is 4.03. The summed E-state index contributed by atoms with van der Waals surface area (Å²) in [6.45, 7) is 2.10. The molecular formula is C11H14N2O3. The summed E-state index contributed by atoms with van der Waals surface area (Å²) in [5, 5.41) is 0. The van der Waals surface area contributed by atoms with Crippen LogP contribution in [0.1, 0.15) is 6.42 Å². The summed E-state index contributed by atoms with van der Waals surface area (Å²) in [5.74, 6) is 6.82. The van der Waals surface area contributed by atoms with Crippen LogP contribution in [-0.2, 0) is 4.84 Å². The van der Waals surface area contributed by atoms with E-state index in [0.717, 1.165) is 36.7 Å². The molecule has 2 aliphatic heterocycles. The van der Waals surface area contributed by atoms with E-state index in [1.807, 2.05) is 18.2 Å². The van der Waals surface area contributed by atoms with Crippen LogP contribution in [0.2, 0.25) is 0 Å². The van der Waals surface area contributed by atoms with E-state index in [4.69, 9.17) is 20.2 Å². The van der Waals surface area contributed by atoms with Crippen molar-refractivity contribution in [2.75, 3.05) is 24.8 Å². The Hall–Kier alpha value is -1.46. The molecular weight excluding hydrogens is 208 g/mol. The lowest BCUT2D eigenvalue weighted by Gasteiger charge is -2.18. The van der Waals surface area contributed by atoms with Crippen LogP contribution in [0.25, 0.3) is 0 Å². The predicted molar refractivity (Wildman–Crippen MR) is 58.5 cm³/mol. The number of hydrogen-bond acceptors (Lipinski definition) is 5. The standard InChI is InChI=1S/C11H14N2O3/c12-16-9-3-4-13(6-9)8-1-2-10-11(5-8)15-7-14-10/h1-2,5,9H,3-4,6-7,12H2. The number of anilines is 1. The Labute approximate surface area is 93.6 Å². The van der Waals surface area contributed by atoms with Crippen molar-refractivity contribution in [1.29, 1.82) is 0 Å². The van der Waals surface area contributed by atoms with Gasteiger partial charge in [0.1, 0.15) is 0 Å². The summed E-state index contributed by atoms with van der Waals surface area (Å²) in [4.78, 5) is 7.09. The van der Waals surface area contributed by atoms with Gasteiger partial charge in [0.25, 0.3) is 0 Å². The van der Waals surface area contributed by atoms with Crippen LogP contribution in [0.5, 0.6) is 11.5 Å². The largest absolute Gasteiger partial charge is 0.454 e. The van der Waals surface area contributed by atoms with E-state index in [0.29, 0.717) is 6.79 Å². The van der Waals surface area contributed by atoms with Crippen molar-refractivity contribution in [2.45, 2.75) is 12.5 Å². The molecule has 3 rings (SSSR count). The fourth-order valence-electron chi connectivity index (χ4n) is 2.16. The van der Waals surface area contributed by atoms with E-state index < -0.39 is 0 Å². The minimum absolute atomic E-state index is 0.130. The van der Waals surface area contributed by atoms with Crippen molar-refractivity contribution < 1.29 is 14.3 Å². The first kappa shape index (κ1) is 9.74. The smallest absolute Gasteiger partial charge is 0.231 e. The lowest BCUT2D eigenvalue weighted by Crippen LogP contribution is -2.24. The molecule has 0 bridgehead atoms. The summed E-state index contributed by atoms with van der Waals surface area (Å²) in [7, 11) is 0. The van der Waals surface area contributed by atoms with Crippen molar-refractivity contribution in [1.82, 2.24) is 0 Å². The first-order valence-electron chi connectivity index (χ1n) is 5.37. The third-order valence-corrected chi connectivity index (χ3v) is 3.06. The van der Waals surface area contributed by atoms with E-state index in [9.17, 15) is 0 Å². The van der Waals surface area contributed by atoms with E-state index in [2.05, 4.69) is 4.90 Å². The quantitative estimate of drug-likeness (QED) is 0.753. The minimum atomic E-state index is 0.130. The van der Waals surface area contributed by atoms with Gasteiger partial charge in [0.05, 0.1) is 6.10 Å². The lowest BCUT2D eigenvalue weighted by molar-refractivity contribution is 0.0690. The van der Waals surface area contributed by atoms with E-state index in [-0.39, 0.29) is 6.10 Å². The van der Waals surface area contributed by atoms with Crippen LogP contribution in [-0.4, -0.2) is 26.0 Å². The third kappa shape index (κ3) is 1.58. The molecule has 1 aromatic rings. The maximum Gasteiger partial charge on any atom is 0.231 e. The van der Waals surface area contributed by atoms with Gasteiger partial charge in [-0.15, -0.1) is 0 Å². The molecule has 0 amide bonds. The van der Waals surface area contributed by atoms with Crippen LogP contribution in [0.15, 0.2) is 18.2 Å². The number of nitrogens with zero attached hydrogens (tertiary/aromatic N) is 1. The maximum absolute atomic E-state index is 5.35. The summed E-state index contributed by atoms with van der Waals surface area (Å²) in [6, 6.07) is 5.97. The number of benzene rings is 1. The molecule has 2 aliphatic rings. The van der Waals surface area contributed by atoms with Crippen LogP contribution < -0.4 is 20.3 Å².